The zero-order chi connectivity index (χ0) is 16.1. The van der Waals surface area contributed by atoms with Gasteiger partial charge in [0.25, 0.3) is 0 Å². The van der Waals surface area contributed by atoms with Crippen molar-refractivity contribution < 1.29 is 9.53 Å². The van der Waals surface area contributed by atoms with E-state index in [1.165, 1.54) is 11.3 Å². The average molecular weight is 333 g/mol. The van der Waals surface area contributed by atoms with Gasteiger partial charge in [0, 0.05) is 44.8 Å². The van der Waals surface area contributed by atoms with Crippen molar-refractivity contribution in [2.75, 3.05) is 18.5 Å². The molecule has 3 rings (SSSR count). The molecule has 1 aromatic rings. The first kappa shape index (κ1) is 16.0. The molecule has 2 aliphatic rings. The number of terminal acetylenes is 1. The van der Waals surface area contributed by atoms with Crippen molar-refractivity contribution in [1.29, 1.82) is 0 Å². The van der Waals surface area contributed by atoms with E-state index in [0.717, 1.165) is 31.1 Å². The molecule has 23 heavy (non-hydrogen) atoms. The molecule has 7 nitrogen and oxygen atoms in total. The van der Waals surface area contributed by atoms with Crippen LogP contribution in [0.4, 0.5) is 5.13 Å². The maximum Gasteiger partial charge on any atom is 0.226 e. The molecule has 1 N–H and O–H groups in total. The van der Waals surface area contributed by atoms with E-state index in [0.29, 0.717) is 36.7 Å². The lowest BCUT2D eigenvalue weighted by atomic mass is 10.0. The number of amides is 1. The standard InChI is InChI=1S/C15H19N5O2S/c1-2-3-7-15(19-20-15)8-4-12(21)16-14-18-17-13(23-14)11-5-9-22-10-6-11/h1,11H,3-10H2,(H,16,18,21). The summed E-state index contributed by atoms with van der Waals surface area (Å²) in [6, 6.07) is 0. The Kier molecular flexibility index (Phi) is 4.98. The molecule has 0 radical (unpaired) electrons. The van der Waals surface area contributed by atoms with Gasteiger partial charge in [-0.1, -0.05) is 11.3 Å². The van der Waals surface area contributed by atoms with Crippen molar-refractivity contribution in [2.24, 2.45) is 10.2 Å². The third-order valence-corrected chi connectivity index (χ3v) is 5.06. The van der Waals surface area contributed by atoms with E-state index in [2.05, 4.69) is 31.7 Å². The third-order valence-electron chi connectivity index (χ3n) is 4.06. The van der Waals surface area contributed by atoms with E-state index in [9.17, 15) is 4.79 Å². The molecule has 122 valence electrons. The number of rotatable bonds is 7. The highest BCUT2D eigenvalue weighted by Crippen LogP contribution is 2.37. The van der Waals surface area contributed by atoms with Gasteiger partial charge in [0.1, 0.15) is 5.01 Å². The molecule has 3 heterocycles. The quantitative estimate of drug-likeness (QED) is 0.777. The van der Waals surface area contributed by atoms with Crippen LogP contribution < -0.4 is 5.32 Å². The Morgan fingerprint density at radius 2 is 2.13 bits per heavy atom. The van der Waals surface area contributed by atoms with Gasteiger partial charge >= 0.3 is 0 Å². The summed E-state index contributed by atoms with van der Waals surface area (Å²) in [6.07, 6.45) is 9.45. The van der Waals surface area contributed by atoms with Crippen molar-refractivity contribution in [2.45, 2.75) is 50.1 Å². The maximum absolute atomic E-state index is 12.0. The van der Waals surface area contributed by atoms with Crippen LogP contribution in [0.3, 0.4) is 0 Å². The molecule has 1 aromatic heterocycles. The second-order valence-corrected chi connectivity index (χ2v) is 6.78. The zero-order valence-corrected chi connectivity index (χ0v) is 13.6. The van der Waals surface area contributed by atoms with Gasteiger partial charge < -0.3 is 10.1 Å². The van der Waals surface area contributed by atoms with Crippen LogP contribution in [0, 0.1) is 12.3 Å². The number of nitrogens with one attached hydrogen (secondary N) is 1. The molecule has 8 heteroatoms. The lowest BCUT2D eigenvalue weighted by Gasteiger charge is -2.18. The van der Waals surface area contributed by atoms with E-state index in [4.69, 9.17) is 11.2 Å². The molecule has 0 saturated carbocycles. The number of nitrogens with zero attached hydrogens (tertiary/aromatic N) is 4. The molecular weight excluding hydrogens is 314 g/mol. The van der Waals surface area contributed by atoms with Crippen LogP contribution in [-0.4, -0.2) is 35.0 Å². The fourth-order valence-electron chi connectivity index (χ4n) is 2.56. The van der Waals surface area contributed by atoms with Crippen LogP contribution in [0.2, 0.25) is 0 Å². The second kappa shape index (κ2) is 7.15. The molecule has 0 spiro atoms. The molecule has 0 unspecified atom stereocenters. The first-order valence-electron chi connectivity index (χ1n) is 7.79. The molecule has 0 atom stereocenters. The fraction of sp³-hybridized carbons (Fsp3) is 0.667. The maximum atomic E-state index is 12.0. The van der Waals surface area contributed by atoms with E-state index >= 15 is 0 Å². The predicted molar refractivity (Wildman–Crippen MR) is 86.2 cm³/mol. The Morgan fingerprint density at radius 1 is 1.35 bits per heavy atom. The zero-order valence-electron chi connectivity index (χ0n) is 12.8. The number of anilines is 1. The molecular formula is C15H19N5O2S. The number of carbonyl (C=O) groups is 1. The van der Waals surface area contributed by atoms with Crippen LogP contribution >= 0.6 is 11.3 Å². The van der Waals surface area contributed by atoms with Crippen LogP contribution in [0.5, 0.6) is 0 Å². The Morgan fingerprint density at radius 3 is 2.83 bits per heavy atom. The van der Waals surface area contributed by atoms with Gasteiger partial charge in [-0.15, -0.1) is 22.5 Å². The number of hydrogen-bond donors (Lipinski definition) is 1. The molecule has 0 aromatic carbocycles. The number of carbonyl (C=O) groups excluding carboxylic acids is 1. The summed E-state index contributed by atoms with van der Waals surface area (Å²) in [6.45, 7) is 1.53. The van der Waals surface area contributed by atoms with Gasteiger partial charge in [-0.2, -0.15) is 10.2 Å². The van der Waals surface area contributed by atoms with Crippen molar-refractivity contribution in [1.82, 2.24) is 10.2 Å². The molecule has 2 aliphatic heterocycles. The molecule has 0 aliphatic carbocycles. The Balaban J connectivity index is 1.45. The SMILES string of the molecule is C#CCCC1(CCC(=O)Nc2nnc(C3CCOCC3)s2)N=N1. The summed E-state index contributed by atoms with van der Waals surface area (Å²) < 4.78 is 5.35. The second-order valence-electron chi connectivity index (χ2n) is 5.77. The van der Waals surface area contributed by atoms with Crippen LogP contribution in [-0.2, 0) is 9.53 Å². The Bertz CT molecular complexity index is 624. The molecule has 0 bridgehead atoms. The predicted octanol–water partition coefficient (Wildman–Crippen LogP) is 2.73. The Labute approximate surface area is 138 Å². The van der Waals surface area contributed by atoms with Crippen molar-refractivity contribution >= 4 is 22.4 Å². The third kappa shape index (κ3) is 4.33. The van der Waals surface area contributed by atoms with Gasteiger partial charge in [0.15, 0.2) is 5.66 Å². The summed E-state index contributed by atoms with van der Waals surface area (Å²) in [5, 5.41) is 20.6. The van der Waals surface area contributed by atoms with Crippen molar-refractivity contribution in [3.8, 4) is 12.3 Å². The largest absolute Gasteiger partial charge is 0.381 e. The number of aromatic nitrogens is 2. The smallest absolute Gasteiger partial charge is 0.226 e. The number of hydrogen-bond acceptors (Lipinski definition) is 7. The summed E-state index contributed by atoms with van der Waals surface area (Å²) in [5.74, 6) is 2.88. The molecule has 1 saturated heterocycles. The highest BCUT2D eigenvalue weighted by molar-refractivity contribution is 7.15. The van der Waals surface area contributed by atoms with Gasteiger partial charge in [-0.05, 0) is 12.8 Å². The van der Waals surface area contributed by atoms with E-state index in [1.807, 2.05) is 0 Å². The highest BCUT2D eigenvalue weighted by Gasteiger charge is 2.39. The van der Waals surface area contributed by atoms with Gasteiger partial charge in [-0.3, -0.25) is 4.79 Å². The average Bonchev–Trinajstić information content (AvgIpc) is 3.21. The minimum Gasteiger partial charge on any atom is -0.381 e. The van der Waals surface area contributed by atoms with E-state index in [-0.39, 0.29) is 5.91 Å². The molecule has 1 fully saturated rings. The lowest BCUT2D eigenvalue weighted by molar-refractivity contribution is -0.116. The van der Waals surface area contributed by atoms with Crippen molar-refractivity contribution in [3.63, 3.8) is 0 Å². The first-order valence-corrected chi connectivity index (χ1v) is 8.61. The highest BCUT2D eigenvalue weighted by atomic mass is 32.1. The Hall–Kier alpha value is -1.85. The summed E-state index contributed by atoms with van der Waals surface area (Å²) in [4.78, 5) is 12.0. The van der Waals surface area contributed by atoms with Gasteiger partial charge in [0.2, 0.25) is 11.0 Å². The number of ether oxygens (including phenoxy) is 1. The summed E-state index contributed by atoms with van der Waals surface area (Å²) in [5.41, 5.74) is -0.419. The monoisotopic (exact) mass is 333 g/mol. The summed E-state index contributed by atoms with van der Waals surface area (Å²) in [7, 11) is 0. The van der Waals surface area contributed by atoms with Crippen LogP contribution in [0.1, 0.15) is 49.5 Å². The van der Waals surface area contributed by atoms with Crippen LogP contribution in [0.25, 0.3) is 0 Å². The lowest BCUT2D eigenvalue weighted by Crippen LogP contribution is -2.17. The van der Waals surface area contributed by atoms with Gasteiger partial charge in [-0.25, -0.2) is 0 Å². The summed E-state index contributed by atoms with van der Waals surface area (Å²) >= 11 is 1.45. The normalized spacial score (nSPS) is 19.3. The van der Waals surface area contributed by atoms with E-state index < -0.39 is 5.66 Å². The fourth-order valence-corrected chi connectivity index (χ4v) is 3.49. The van der Waals surface area contributed by atoms with Gasteiger partial charge in [0.05, 0.1) is 0 Å². The topological polar surface area (TPSA) is 88.8 Å². The minimum atomic E-state index is -0.419. The van der Waals surface area contributed by atoms with Crippen LogP contribution in [0.15, 0.2) is 10.2 Å². The van der Waals surface area contributed by atoms with E-state index in [1.54, 1.807) is 0 Å². The first-order chi connectivity index (χ1) is 11.2. The minimum absolute atomic E-state index is 0.0861. The van der Waals surface area contributed by atoms with Crippen molar-refractivity contribution in [3.05, 3.63) is 5.01 Å². The molecule has 1 amide bonds.